The Morgan fingerprint density at radius 3 is 3.17 bits per heavy atom. The number of urea groups is 1. The Morgan fingerprint density at radius 2 is 2.50 bits per heavy atom. The molecule has 0 spiro atoms. The van der Waals surface area contributed by atoms with Gasteiger partial charge in [0, 0.05) is 30.8 Å². The van der Waals surface area contributed by atoms with Gasteiger partial charge < -0.3 is 15.3 Å². The van der Waals surface area contributed by atoms with E-state index in [4.69, 9.17) is 5.11 Å². The molecule has 2 heterocycles. The van der Waals surface area contributed by atoms with E-state index in [-0.39, 0.29) is 12.5 Å². The van der Waals surface area contributed by atoms with Crippen molar-refractivity contribution in [3.8, 4) is 0 Å². The lowest BCUT2D eigenvalue weighted by atomic mass is 10.3. The maximum absolute atomic E-state index is 11.3. The highest BCUT2D eigenvalue weighted by Gasteiger charge is 2.18. The summed E-state index contributed by atoms with van der Waals surface area (Å²) >= 11 is 2.99. The van der Waals surface area contributed by atoms with Crippen molar-refractivity contribution >= 4 is 35.1 Å². The van der Waals surface area contributed by atoms with E-state index in [1.54, 1.807) is 22.0 Å². The smallest absolute Gasteiger partial charge is 0.317 e. The highest BCUT2D eigenvalue weighted by atomic mass is 32.2. The van der Waals surface area contributed by atoms with Crippen LogP contribution in [-0.2, 0) is 11.2 Å². The summed E-state index contributed by atoms with van der Waals surface area (Å²) in [6.07, 6.45) is -0.0361. The molecule has 18 heavy (non-hydrogen) atoms. The zero-order chi connectivity index (χ0) is 13.0. The number of aromatic nitrogens is 1. The Bertz CT molecular complexity index is 449. The third-order valence-corrected chi connectivity index (χ3v) is 4.44. The van der Waals surface area contributed by atoms with Gasteiger partial charge in [-0.15, -0.1) is 11.3 Å². The number of carbonyl (C=O) groups is 2. The number of carbonyl (C=O) groups excluding carboxylic acids is 1. The predicted molar refractivity (Wildman–Crippen MR) is 69.1 cm³/mol. The summed E-state index contributed by atoms with van der Waals surface area (Å²) in [4.78, 5) is 27.8. The summed E-state index contributed by atoms with van der Waals surface area (Å²) in [7, 11) is 0. The number of hydrogen-bond donors (Lipinski definition) is 2. The molecule has 8 heteroatoms. The molecule has 0 radical (unpaired) electrons. The predicted octanol–water partition coefficient (Wildman–Crippen LogP) is 0.888. The van der Waals surface area contributed by atoms with Crippen LogP contribution in [0.5, 0.6) is 0 Å². The van der Waals surface area contributed by atoms with Crippen LogP contribution in [0.2, 0.25) is 0 Å². The van der Waals surface area contributed by atoms with E-state index >= 15 is 0 Å². The molecule has 1 saturated heterocycles. The van der Waals surface area contributed by atoms with E-state index in [2.05, 4.69) is 10.3 Å². The number of thiazole rings is 1. The van der Waals surface area contributed by atoms with Crippen molar-refractivity contribution in [1.82, 2.24) is 15.2 Å². The molecule has 2 amide bonds. The first-order valence-electron chi connectivity index (χ1n) is 5.47. The molecular weight excluding hydrogens is 274 g/mol. The van der Waals surface area contributed by atoms with E-state index in [0.717, 1.165) is 16.6 Å². The zero-order valence-corrected chi connectivity index (χ0v) is 11.2. The van der Waals surface area contributed by atoms with Crippen LogP contribution in [0.25, 0.3) is 0 Å². The van der Waals surface area contributed by atoms with Gasteiger partial charge in [-0.1, -0.05) is 11.8 Å². The molecule has 0 aliphatic carbocycles. The SMILES string of the molecule is O=C(O)Cc1csc(SCCN2CCNC2=O)n1. The Hall–Kier alpha value is -1.28. The average molecular weight is 287 g/mol. The highest BCUT2D eigenvalue weighted by Crippen LogP contribution is 2.23. The summed E-state index contributed by atoms with van der Waals surface area (Å²) < 4.78 is 0.853. The van der Waals surface area contributed by atoms with Crippen LogP contribution in [0.15, 0.2) is 9.72 Å². The van der Waals surface area contributed by atoms with Gasteiger partial charge in [0.2, 0.25) is 0 Å². The lowest BCUT2D eigenvalue weighted by Gasteiger charge is -2.12. The number of rotatable bonds is 6. The van der Waals surface area contributed by atoms with E-state index in [1.807, 2.05) is 0 Å². The first-order chi connectivity index (χ1) is 8.65. The second-order valence-electron chi connectivity index (χ2n) is 3.74. The minimum atomic E-state index is -0.870. The van der Waals surface area contributed by atoms with Crippen molar-refractivity contribution in [2.45, 2.75) is 10.8 Å². The largest absolute Gasteiger partial charge is 0.481 e. The number of nitrogens with one attached hydrogen (secondary N) is 1. The van der Waals surface area contributed by atoms with Crippen LogP contribution in [0.4, 0.5) is 4.79 Å². The normalized spacial score (nSPS) is 14.9. The summed E-state index contributed by atoms with van der Waals surface area (Å²) in [5.41, 5.74) is 0.592. The molecule has 1 aromatic rings. The third kappa shape index (κ3) is 3.61. The van der Waals surface area contributed by atoms with Crippen molar-refractivity contribution in [3.63, 3.8) is 0 Å². The Morgan fingerprint density at radius 1 is 1.67 bits per heavy atom. The number of carboxylic acid groups (broad SMARTS) is 1. The first kappa shape index (κ1) is 13.2. The second-order valence-corrected chi connectivity index (χ2v) is 5.94. The molecule has 0 atom stereocenters. The van der Waals surface area contributed by atoms with Crippen LogP contribution in [-0.4, -0.2) is 52.4 Å². The van der Waals surface area contributed by atoms with Crippen LogP contribution in [0.3, 0.4) is 0 Å². The average Bonchev–Trinajstić information content (AvgIpc) is 2.89. The number of carboxylic acids is 1. The zero-order valence-electron chi connectivity index (χ0n) is 9.59. The van der Waals surface area contributed by atoms with E-state index in [1.165, 1.54) is 11.3 Å². The van der Waals surface area contributed by atoms with E-state index in [0.29, 0.717) is 18.8 Å². The Balaban J connectivity index is 1.74. The molecule has 2 rings (SSSR count). The van der Waals surface area contributed by atoms with Crippen molar-refractivity contribution in [1.29, 1.82) is 0 Å². The van der Waals surface area contributed by atoms with Gasteiger partial charge in [-0.05, 0) is 0 Å². The minimum absolute atomic E-state index is 0.0127. The topological polar surface area (TPSA) is 82.5 Å². The molecule has 6 nitrogen and oxygen atoms in total. The molecule has 1 aliphatic heterocycles. The molecule has 1 fully saturated rings. The fourth-order valence-corrected chi connectivity index (χ4v) is 3.44. The molecular formula is C10H13N3O3S2. The molecule has 2 N–H and O–H groups in total. The van der Waals surface area contributed by atoms with E-state index in [9.17, 15) is 9.59 Å². The molecule has 0 aromatic carbocycles. The first-order valence-corrected chi connectivity index (χ1v) is 7.33. The van der Waals surface area contributed by atoms with E-state index < -0.39 is 5.97 Å². The van der Waals surface area contributed by atoms with Crippen molar-refractivity contribution in [2.75, 3.05) is 25.4 Å². The van der Waals surface area contributed by atoms with Crippen molar-refractivity contribution in [2.24, 2.45) is 0 Å². The van der Waals surface area contributed by atoms with Crippen molar-refractivity contribution in [3.05, 3.63) is 11.1 Å². The summed E-state index contributed by atoms with van der Waals surface area (Å²) in [5, 5.41) is 13.1. The Labute approximate surface area is 112 Å². The summed E-state index contributed by atoms with van der Waals surface area (Å²) in [5.74, 6) is -0.0986. The van der Waals surface area contributed by atoms with Crippen molar-refractivity contribution < 1.29 is 14.7 Å². The molecule has 0 saturated carbocycles. The fraction of sp³-hybridized carbons (Fsp3) is 0.500. The van der Waals surface area contributed by atoms with Crippen LogP contribution in [0.1, 0.15) is 5.69 Å². The third-order valence-electron chi connectivity index (χ3n) is 2.39. The van der Waals surface area contributed by atoms with Gasteiger partial charge in [0.15, 0.2) is 0 Å². The number of amides is 2. The standard InChI is InChI=1S/C10H13N3O3S2/c14-8(15)5-7-6-18-10(12-7)17-4-3-13-2-1-11-9(13)16/h6H,1-5H2,(H,11,16)(H,14,15). The minimum Gasteiger partial charge on any atom is -0.481 e. The number of aliphatic carboxylic acids is 1. The fourth-order valence-electron chi connectivity index (χ4n) is 1.56. The monoisotopic (exact) mass is 287 g/mol. The maximum atomic E-state index is 11.3. The maximum Gasteiger partial charge on any atom is 0.317 e. The molecule has 98 valence electrons. The van der Waals surface area contributed by atoms with Crippen LogP contribution < -0.4 is 5.32 Å². The van der Waals surface area contributed by atoms with Gasteiger partial charge in [0.25, 0.3) is 0 Å². The van der Waals surface area contributed by atoms with Gasteiger partial charge in [-0.3, -0.25) is 4.79 Å². The summed E-state index contributed by atoms with van der Waals surface area (Å²) in [6, 6.07) is -0.0127. The number of thioether (sulfide) groups is 1. The van der Waals surface area contributed by atoms with Crippen LogP contribution in [0, 0.1) is 0 Å². The van der Waals surface area contributed by atoms with Gasteiger partial charge in [0.05, 0.1) is 12.1 Å². The summed E-state index contributed by atoms with van der Waals surface area (Å²) in [6.45, 7) is 2.15. The Kier molecular flexibility index (Phi) is 4.43. The number of nitrogens with zero attached hydrogens (tertiary/aromatic N) is 2. The van der Waals surface area contributed by atoms with Gasteiger partial charge in [-0.25, -0.2) is 9.78 Å². The molecule has 0 unspecified atom stereocenters. The number of hydrogen-bond acceptors (Lipinski definition) is 5. The lowest BCUT2D eigenvalue weighted by molar-refractivity contribution is -0.136. The molecule has 0 bridgehead atoms. The molecule has 1 aromatic heterocycles. The van der Waals surface area contributed by atoms with Gasteiger partial charge in [-0.2, -0.15) is 0 Å². The molecule has 1 aliphatic rings. The van der Waals surface area contributed by atoms with Gasteiger partial charge >= 0.3 is 12.0 Å². The quantitative estimate of drug-likeness (QED) is 0.759. The highest BCUT2D eigenvalue weighted by molar-refractivity contribution is 8.01. The second kappa shape index (κ2) is 6.05. The van der Waals surface area contributed by atoms with Crippen LogP contribution >= 0.6 is 23.1 Å². The lowest BCUT2D eigenvalue weighted by Crippen LogP contribution is -2.30. The van der Waals surface area contributed by atoms with Gasteiger partial charge in [0.1, 0.15) is 4.34 Å².